The molecule has 1 atom stereocenters. The van der Waals surface area contributed by atoms with E-state index in [0.717, 1.165) is 19.4 Å². The van der Waals surface area contributed by atoms with Crippen molar-refractivity contribution >= 4 is 14.4 Å². The fraction of sp³-hybridized carbons (Fsp3) is 0.833. The summed E-state index contributed by atoms with van der Waals surface area (Å²) in [4.78, 5) is 13.9. The van der Waals surface area contributed by atoms with Crippen molar-refractivity contribution in [3.63, 3.8) is 0 Å². The van der Waals surface area contributed by atoms with Gasteiger partial charge in [0.1, 0.15) is 5.60 Å². The fourth-order valence-electron chi connectivity index (χ4n) is 2.16. The molecular weight excluding hydrogens is 306 g/mol. The number of carbonyl (C=O) groups excluding carboxylic acids is 1. The van der Waals surface area contributed by atoms with Crippen molar-refractivity contribution in [3.05, 3.63) is 12.2 Å². The molecule has 1 unspecified atom stereocenters. The van der Waals surface area contributed by atoms with Crippen LogP contribution in [0.2, 0.25) is 18.1 Å². The summed E-state index contributed by atoms with van der Waals surface area (Å²) in [5.41, 5.74) is -0.447. The van der Waals surface area contributed by atoms with Gasteiger partial charge in [-0.1, -0.05) is 32.9 Å². The van der Waals surface area contributed by atoms with Crippen LogP contribution in [-0.2, 0) is 9.16 Å². The van der Waals surface area contributed by atoms with Crippen molar-refractivity contribution in [3.8, 4) is 0 Å². The van der Waals surface area contributed by atoms with E-state index >= 15 is 0 Å². The maximum absolute atomic E-state index is 12.2. The zero-order valence-electron chi connectivity index (χ0n) is 16.2. The maximum atomic E-state index is 12.2. The quantitative estimate of drug-likeness (QED) is 0.526. The number of hydrogen-bond donors (Lipinski definition) is 0. The van der Waals surface area contributed by atoms with Crippen LogP contribution < -0.4 is 0 Å². The van der Waals surface area contributed by atoms with E-state index in [1.54, 1.807) is 4.90 Å². The molecule has 0 aromatic carbocycles. The molecule has 0 bridgehead atoms. The number of hydrogen-bond acceptors (Lipinski definition) is 3. The summed E-state index contributed by atoms with van der Waals surface area (Å²) < 4.78 is 11.9. The van der Waals surface area contributed by atoms with Crippen LogP contribution in [0.3, 0.4) is 0 Å². The third kappa shape index (κ3) is 6.67. The monoisotopic (exact) mass is 341 g/mol. The lowest BCUT2D eigenvalue weighted by atomic mass is 10.1. The molecule has 0 N–H and O–H groups in total. The molecular formula is C18H35NO3Si. The van der Waals surface area contributed by atoms with E-state index in [9.17, 15) is 4.79 Å². The predicted molar refractivity (Wildman–Crippen MR) is 98.3 cm³/mol. The van der Waals surface area contributed by atoms with Crippen molar-refractivity contribution in [2.45, 2.75) is 84.2 Å². The van der Waals surface area contributed by atoms with Gasteiger partial charge in [0.25, 0.3) is 0 Å². The van der Waals surface area contributed by atoms with Gasteiger partial charge in [-0.05, 0) is 51.7 Å². The molecule has 0 radical (unpaired) electrons. The van der Waals surface area contributed by atoms with Gasteiger partial charge in [-0.2, -0.15) is 0 Å². The lowest BCUT2D eigenvalue weighted by Crippen LogP contribution is -2.44. The second kappa shape index (κ2) is 7.39. The minimum atomic E-state index is -1.76. The van der Waals surface area contributed by atoms with Gasteiger partial charge in [-0.15, -0.1) is 0 Å². The minimum absolute atomic E-state index is 0.164. The normalized spacial score (nSPS) is 22.3. The Morgan fingerprint density at radius 1 is 1.17 bits per heavy atom. The van der Waals surface area contributed by atoms with E-state index in [2.05, 4.69) is 39.9 Å². The topological polar surface area (TPSA) is 38.8 Å². The molecule has 0 aromatic heterocycles. The minimum Gasteiger partial charge on any atom is -0.444 e. The Morgan fingerprint density at radius 2 is 1.78 bits per heavy atom. The van der Waals surface area contributed by atoms with Crippen LogP contribution >= 0.6 is 0 Å². The lowest BCUT2D eigenvalue weighted by Gasteiger charge is -2.39. The number of carbonyl (C=O) groups is 1. The first-order valence-electron chi connectivity index (χ1n) is 8.64. The van der Waals surface area contributed by atoms with Crippen molar-refractivity contribution in [2.24, 2.45) is 0 Å². The average Bonchev–Trinajstić information content (AvgIpc) is 2.28. The highest BCUT2D eigenvalue weighted by atomic mass is 28.4. The molecule has 1 aliphatic heterocycles. The summed E-state index contributed by atoms with van der Waals surface area (Å²) >= 11 is 0. The van der Waals surface area contributed by atoms with Crippen LogP contribution in [0.1, 0.15) is 54.4 Å². The molecule has 4 nitrogen and oxygen atoms in total. The zero-order valence-corrected chi connectivity index (χ0v) is 17.2. The SMILES string of the molecule is CC(C)(C)OC(=O)N1C/C=C\C(O[Si](C)(C)C(C)(C)C)CCC1. The summed E-state index contributed by atoms with van der Waals surface area (Å²) in [6.07, 6.45) is 5.98. The van der Waals surface area contributed by atoms with E-state index in [1.807, 2.05) is 26.8 Å². The van der Waals surface area contributed by atoms with Crippen molar-refractivity contribution in [1.82, 2.24) is 4.90 Å². The molecule has 1 heterocycles. The molecule has 0 saturated heterocycles. The first-order chi connectivity index (χ1) is 10.3. The maximum Gasteiger partial charge on any atom is 0.410 e. The van der Waals surface area contributed by atoms with Gasteiger partial charge in [0.05, 0.1) is 6.10 Å². The predicted octanol–water partition coefficient (Wildman–Crippen LogP) is 4.96. The van der Waals surface area contributed by atoms with Crippen LogP contribution in [0, 0.1) is 0 Å². The highest BCUT2D eigenvalue weighted by molar-refractivity contribution is 6.74. The van der Waals surface area contributed by atoms with Crippen LogP contribution in [0.4, 0.5) is 4.79 Å². The number of rotatable bonds is 2. The molecule has 5 heteroatoms. The van der Waals surface area contributed by atoms with Crippen LogP contribution in [0.15, 0.2) is 12.2 Å². The van der Waals surface area contributed by atoms with Gasteiger partial charge < -0.3 is 14.1 Å². The average molecular weight is 342 g/mol. The van der Waals surface area contributed by atoms with Gasteiger partial charge in [-0.3, -0.25) is 0 Å². The van der Waals surface area contributed by atoms with E-state index in [1.165, 1.54) is 0 Å². The molecule has 0 fully saturated rings. The molecule has 1 amide bonds. The third-order valence-electron chi connectivity index (χ3n) is 4.50. The lowest BCUT2D eigenvalue weighted by molar-refractivity contribution is 0.0260. The third-order valence-corrected chi connectivity index (χ3v) is 9.00. The van der Waals surface area contributed by atoms with Crippen molar-refractivity contribution in [2.75, 3.05) is 13.1 Å². The second-order valence-electron chi connectivity index (χ2n) is 8.91. The summed E-state index contributed by atoms with van der Waals surface area (Å²) in [6.45, 7) is 18.3. The van der Waals surface area contributed by atoms with Gasteiger partial charge in [0.2, 0.25) is 0 Å². The number of ether oxygens (including phenoxy) is 1. The smallest absolute Gasteiger partial charge is 0.410 e. The second-order valence-corrected chi connectivity index (χ2v) is 13.7. The number of amides is 1. The summed E-state index contributed by atoms with van der Waals surface area (Å²) in [5, 5.41) is 0.214. The zero-order chi connectivity index (χ0) is 17.9. The Hall–Kier alpha value is -0.813. The molecule has 1 aliphatic rings. The fourth-order valence-corrected chi connectivity index (χ4v) is 3.46. The van der Waals surface area contributed by atoms with Gasteiger partial charge in [0, 0.05) is 13.1 Å². The van der Waals surface area contributed by atoms with Crippen LogP contribution in [0.25, 0.3) is 0 Å². The summed E-state index contributed by atoms with van der Waals surface area (Å²) in [5.74, 6) is 0. The molecule has 0 spiro atoms. The Balaban J connectivity index is 2.64. The van der Waals surface area contributed by atoms with E-state index in [-0.39, 0.29) is 17.2 Å². The Kier molecular flexibility index (Phi) is 6.50. The first-order valence-corrected chi connectivity index (χ1v) is 11.5. The Bertz CT molecular complexity index is 433. The number of nitrogens with zero attached hydrogens (tertiary/aromatic N) is 1. The van der Waals surface area contributed by atoms with Gasteiger partial charge in [0.15, 0.2) is 8.32 Å². The highest BCUT2D eigenvalue weighted by Crippen LogP contribution is 2.38. The van der Waals surface area contributed by atoms with E-state index in [4.69, 9.17) is 9.16 Å². The summed E-state index contributed by atoms with van der Waals surface area (Å²) in [7, 11) is -1.76. The van der Waals surface area contributed by atoms with Gasteiger partial charge >= 0.3 is 6.09 Å². The van der Waals surface area contributed by atoms with E-state index < -0.39 is 13.9 Å². The first kappa shape index (κ1) is 20.2. The molecule has 134 valence electrons. The largest absolute Gasteiger partial charge is 0.444 e. The molecule has 0 aromatic rings. The van der Waals surface area contributed by atoms with Gasteiger partial charge in [-0.25, -0.2) is 4.79 Å². The Labute approximate surface area is 143 Å². The Morgan fingerprint density at radius 3 is 2.30 bits per heavy atom. The van der Waals surface area contributed by atoms with Crippen LogP contribution in [-0.4, -0.2) is 44.1 Å². The summed E-state index contributed by atoms with van der Waals surface area (Å²) in [6, 6.07) is 0. The standard InChI is InChI=1S/C18H35NO3Si/c1-17(2,3)21-16(20)19-13-9-11-15(12-10-14-19)22-23(7,8)18(4,5)6/h9,11,15H,10,12-14H2,1-8H3/b11-9-. The molecule has 0 saturated carbocycles. The van der Waals surface area contributed by atoms with E-state index in [0.29, 0.717) is 6.54 Å². The van der Waals surface area contributed by atoms with Crippen LogP contribution in [0.5, 0.6) is 0 Å². The van der Waals surface area contributed by atoms with Crippen molar-refractivity contribution < 1.29 is 14.0 Å². The molecule has 0 aliphatic carbocycles. The molecule has 1 rings (SSSR count). The van der Waals surface area contributed by atoms with Crippen molar-refractivity contribution in [1.29, 1.82) is 0 Å². The highest BCUT2D eigenvalue weighted by Gasteiger charge is 2.38. The molecule has 23 heavy (non-hydrogen) atoms.